The Morgan fingerprint density at radius 1 is 1.31 bits per heavy atom. The Balaban J connectivity index is 0.00000144. The molecule has 72 valence electrons. The predicted molar refractivity (Wildman–Crippen MR) is 59.8 cm³/mol. The predicted octanol–water partition coefficient (Wildman–Crippen LogP) is 2.82. The quantitative estimate of drug-likeness (QED) is 0.643. The summed E-state index contributed by atoms with van der Waals surface area (Å²) in [6.45, 7) is 2.46. The molecule has 0 aliphatic heterocycles. The zero-order chi connectivity index (χ0) is 8.81. The van der Waals surface area contributed by atoms with Crippen molar-refractivity contribution < 1.29 is 4.74 Å². The maximum Gasteiger partial charge on any atom is 0.184 e. The van der Waals surface area contributed by atoms with Crippen LogP contribution in [0.1, 0.15) is 12.5 Å². The Bertz CT molecular complexity index is 248. The van der Waals surface area contributed by atoms with Crippen LogP contribution < -0.4 is 0 Å². The first kappa shape index (κ1) is 12.2. The molecule has 1 N–H and O–H groups in total. The number of ether oxygens (including phenoxy) is 1. The van der Waals surface area contributed by atoms with Crippen LogP contribution in [0.2, 0.25) is 0 Å². The Kier molecular flexibility index (Phi) is 6.24. The molecule has 13 heavy (non-hydrogen) atoms. The maximum atomic E-state index is 7.40. The smallest absolute Gasteiger partial charge is 0.184 e. The number of hydrogen-bond acceptors (Lipinski definition) is 2. The first-order valence-corrected chi connectivity index (χ1v) is 4.07. The van der Waals surface area contributed by atoms with Crippen molar-refractivity contribution in [1.82, 2.24) is 0 Å². The van der Waals surface area contributed by atoms with Crippen LogP contribution in [0.3, 0.4) is 0 Å². The Morgan fingerprint density at radius 2 is 1.92 bits per heavy atom. The monoisotopic (exact) mass is 243 g/mol. The van der Waals surface area contributed by atoms with Crippen molar-refractivity contribution in [3.63, 3.8) is 0 Å². The molecule has 0 radical (unpaired) electrons. The highest BCUT2D eigenvalue weighted by Crippen LogP contribution is 2.00. The molecule has 2 nitrogen and oxygen atoms in total. The molecule has 0 saturated heterocycles. The SMILES string of the molecule is Br.CCOC(=N)Cc1ccccc1. The van der Waals surface area contributed by atoms with Crippen LogP contribution in [0.4, 0.5) is 0 Å². The fourth-order valence-electron chi connectivity index (χ4n) is 1.01. The molecule has 0 aromatic heterocycles. The third kappa shape index (κ3) is 4.68. The molecule has 0 atom stereocenters. The molecule has 0 spiro atoms. The van der Waals surface area contributed by atoms with Gasteiger partial charge >= 0.3 is 0 Å². The zero-order valence-electron chi connectivity index (χ0n) is 7.62. The van der Waals surface area contributed by atoms with E-state index >= 15 is 0 Å². The Labute approximate surface area is 89.2 Å². The van der Waals surface area contributed by atoms with Crippen LogP contribution in [0.15, 0.2) is 30.3 Å². The van der Waals surface area contributed by atoms with Crippen LogP contribution in [0, 0.1) is 5.41 Å². The van der Waals surface area contributed by atoms with E-state index in [-0.39, 0.29) is 17.0 Å². The highest BCUT2D eigenvalue weighted by atomic mass is 79.9. The van der Waals surface area contributed by atoms with E-state index in [2.05, 4.69) is 0 Å². The Morgan fingerprint density at radius 3 is 2.46 bits per heavy atom. The maximum absolute atomic E-state index is 7.40. The van der Waals surface area contributed by atoms with E-state index in [0.29, 0.717) is 18.9 Å². The van der Waals surface area contributed by atoms with Gasteiger partial charge in [-0.15, -0.1) is 17.0 Å². The van der Waals surface area contributed by atoms with Gasteiger partial charge in [0.2, 0.25) is 0 Å². The number of nitrogens with one attached hydrogen (secondary N) is 1. The highest BCUT2D eigenvalue weighted by Gasteiger charge is 1.97. The van der Waals surface area contributed by atoms with Gasteiger partial charge in [-0.2, -0.15) is 0 Å². The first-order chi connectivity index (χ1) is 5.83. The van der Waals surface area contributed by atoms with Gasteiger partial charge in [-0.05, 0) is 12.5 Å². The van der Waals surface area contributed by atoms with E-state index in [1.54, 1.807) is 0 Å². The van der Waals surface area contributed by atoms with Gasteiger partial charge in [0.05, 0.1) is 6.61 Å². The molecule has 0 fully saturated rings. The summed E-state index contributed by atoms with van der Waals surface area (Å²) in [6.07, 6.45) is 0.592. The lowest BCUT2D eigenvalue weighted by molar-refractivity contribution is 0.317. The van der Waals surface area contributed by atoms with E-state index in [4.69, 9.17) is 10.1 Å². The highest BCUT2D eigenvalue weighted by molar-refractivity contribution is 8.93. The van der Waals surface area contributed by atoms with Gasteiger partial charge in [-0.1, -0.05) is 30.3 Å². The van der Waals surface area contributed by atoms with Crippen molar-refractivity contribution >= 4 is 22.9 Å². The summed E-state index contributed by atoms with van der Waals surface area (Å²) < 4.78 is 5.03. The van der Waals surface area contributed by atoms with Gasteiger partial charge in [-0.25, -0.2) is 0 Å². The first-order valence-electron chi connectivity index (χ1n) is 4.07. The van der Waals surface area contributed by atoms with Crippen LogP contribution in [0.25, 0.3) is 0 Å². The van der Waals surface area contributed by atoms with E-state index in [1.165, 1.54) is 0 Å². The zero-order valence-corrected chi connectivity index (χ0v) is 9.33. The second-order valence-electron chi connectivity index (χ2n) is 2.52. The van der Waals surface area contributed by atoms with Gasteiger partial charge in [0.25, 0.3) is 0 Å². The van der Waals surface area contributed by atoms with Crippen LogP contribution >= 0.6 is 17.0 Å². The van der Waals surface area contributed by atoms with Crippen LogP contribution in [-0.4, -0.2) is 12.5 Å². The minimum Gasteiger partial charge on any atom is -0.481 e. The van der Waals surface area contributed by atoms with Crippen LogP contribution in [-0.2, 0) is 11.2 Å². The molecule has 1 aromatic carbocycles. The lowest BCUT2D eigenvalue weighted by atomic mass is 10.1. The van der Waals surface area contributed by atoms with E-state index in [9.17, 15) is 0 Å². The summed E-state index contributed by atoms with van der Waals surface area (Å²) in [6, 6.07) is 9.89. The molecule has 0 saturated carbocycles. The fourth-order valence-corrected chi connectivity index (χ4v) is 1.01. The van der Waals surface area contributed by atoms with Crippen molar-refractivity contribution in [2.24, 2.45) is 0 Å². The second kappa shape index (κ2) is 6.66. The van der Waals surface area contributed by atoms with Crippen molar-refractivity contribution in [3.05, 3.63) is 35.9 Å². The van der Waals surface area contributed by atoms with E-state index in [0.717, 1.165) is 5.56 Å². The molecule has 0 bridgehead atoms. The summed E-state index contributed by atoms with van der Waals surface area (Å²) in [5.74, 6) is 0.337. The number of hydrogen-bond donors (Lipinski definition) is 1. The third-order valence-corrected chi connectivity index (χ3v) is 1.53. The molecular weight excluding hydrogens is 230 g/mol. The summed E-state index contributed by atoms with van der Waals surface area (Å²) >= 11 is 0. The summed E-state index contributed by atoms with van der Waals surface area (Å²) in [5, 5.41) is 7.40. The van der Waals surface area contributed by atoms with Gasteiger partial charge in [-0.3, -0.25) is 5.41 Å². The fraction of sp³-hybridized carbons (Fsp3) is 0.300. The van der Waals surface area contributed by atoms with Gasteiger partial charge in [0, 0.05) is 6.42 Å². The molecule has 0 heterocycles. The van der Waals surface area contributed by atoms with Gasteiger partial charge in [0.1, 0.15) is 0 Å². The molecule has 0 aliphatic carbocycles. The molecule has 0 unspecified atom stereocenters. The standard InChI is InChI=1S/C10H13NO.BrH/c1-2-12-10(11)8-9-6-4-3-5-7-9;/h3-7,11H,2,8H2,1H3;1H. The van der Waals surface area contributed by atoms with E-state index < -0.39 is 0 Å². The lowest BCUT2D eigenvalue weighted by Crippen LogP contribution is -2.06. The van der Waals surface area contributed by atoms with E-state index in [1.807, 2.05) is 37.3 Å². The summed E-state index contributed by atoms with van der Waals surface area (Å²) in [5.41, 5.74) is 1.12. The third-order valence-electron chi connectivity index (χ3n) is 1.53. The number of benzene rings is 1. The molecule has 0 aliphatic rings. The van der Waals surface area contributed by atoms with Crippen molar-refractivity contribution in [2.45, 2.75) is 13.3 Å². The number of halogens is 1. The lowest BCUT2D eigenvalue weighted by Gasteiger charge is -2.03. The van der Waals surface area contributed by atoms with Gasteiger partial charge in [0.15, 0.2) is 5.90 Å². The molecule has 0 amide bonds. The molecule has 3 heteroatoms. The van der Waals surface area contributed by atoms with Crippen molar-refractivity contribution in [1.29, 1.82) is 5.41 Å². The molecule has 1 aromatic rings. The second-order valence-corrected chi connectivity index (χ2v) is 2.52. The van der Waals surface area contributed by atoms with Crippen molar-refractivity contribution in [3.8, 4) is 0 Å². The number of rotatable bonds is 3. The normalized spacial score (nSPS) is 8.69. The largest absolute Gasteiger partial charge is 0.481 e. The molecular formula is C10H14BrNO. The van der Waals surface area contributed by atoms with Crippen molar-refractivity contribution in [2.75, 3.05) is 6.61 Å². The summed E-state index contributed by atoms with van der Waals surface area (Å²) in [7, 11) is 0. The summed E-state index contributed by atoms with van der Waals surface area (Å²) in [4.78, 5) is 0. The van der Waals surface area contributed by atoms with Gasteiger partial charge < -0.3 is 4.74 Å². The van der Waals surface area contributed by atoms with Crippen LogP contribution in [0.5, 0.6) is 0 Å². The molecule has 1 rings (SSSR count). The average molecular weight is 244 g/mol. The minimum absolute atomic E-state index is 0. The Hall–Kier alpha value is -0.830. The average Bonchev–Trinajstić information content (AvgIpc) is 2.06. The minimum atomic E-state index is 0. The topological polar surface area (TPSA) is 33.1 Å².